The minimum absolute atomic E-state index is 0.0928. The molecule has 2 aromatic rings. The highest BCUT2D eigenvalue weighted by molar-refractivity contribution is 6.34. The van der Waals surface area contributed by atoms with Crippen LogP contribution in [0.2, 0.25) is 5.02 Å². The van der Waals surface area contributed by atoms with Crippen molar-refractivity contribution in [1.29, 1.82) is 0 Å². The van der Waals surface area contributed by atoms with E-state index in [1.807, 2.05) is 0 Å². The summed E-state index contributed by atoms with van der Waals surface area (Å²) in [5.41, 5.74) is 0.0935. The van der Waals surface area contributed by atoms with E-state index in [-0.39, 0.29) is 16.7 Å². The highest BCUT2D eigenvalue weighted by Crippen LogP contribution is 2.17. The predicted octanol–water partition coefficient (Wildman–Crippen LogP) is 1.21. The van der Waals surface area contributed by atoms with E-state index in [0.29, 0.717) is 5.82 Å². The number of hydrogen-bond acceptors (Lipinski definition) is 6. The average molecular weight is 265 g/mol. The van der Waals surface area contributed by atoms with E-state index < -0.39 is 5.91 Å². The lowest BCUT2D eigenvalue weighted by Crippen LogP contribution is -2.17. The number of carbonyl (C=O) groups excluding carboxylic acids is 1. The predicted molar refractivity (Wildman–Crippen MR) is 66.6 cm³/mol. The van der Waals surface area contributed by atoms with E-state index in [1.54, 1.807) is 19.2 Å². The van der Waals surface area contributed by atoms with E-state index >= 15 is 0 Å². The van der Waals surface area contributed by atoms with Crippen LogP contribution in [0.1, 0.15) is 10.5 Å². The van der Waals surface area contributed by atoms with Gasteiger partial charge in [0.25, 0.3) is 5.91 Å². The van der Waals surface area contributed by atoms with Gasteiger partial charge in [-0.15, -0.1) is 5.10 Å². The molecule has 18 heavy (non-hydrogen) atoms. The summed E-state index contributed by atoms with van der Waals surface area (Å²) in [4.78, 5) is 19.8. The summed E-state index contributed by atoms with van der Waals surface area (Å²) >= 11 is 5.91. The van der Waals surface area contributed by atoms with Crippen molar-refractivity contribution in [2.24, 2.45) is 0 Å². The van der Waals surface area contributed by atoms with Crippen molar-refractivity contribution in [1.82, 2.24) is 20.2 Å². The van der Waals surface area contributed by atoms with Crippen LogP contribution >= 0.6 is 11.6 Å². The lowest BCUT2D eigenvalue weighted by molar-refractivity contribution is 0.102. The Hall–Kier alpha value is -2.28. The molecule has 0 aliphatic carbocycles. The molecular formula is C10H9ClN6O. The molecule has 0 spiro atoms. The standard InChI is InChI=1S/C10H9ClN6O/c1-12-7-3-2-6(11)8(15-7)9(18)16-10-13-4-5-14-17-10/h2-5H,1H3,(H,12,15)(H,13,16,17,18). The van der Waals surface area contributed by atoms with Gasteiger partial charge in [-0.2, -0.15) is 5.10 Å². The molecule has 0 aromatic carbocycles. The third kappa shape index (κ3) is 2.69. The van der Waals surface area contributed by atoms with Crippen LogP contribution in [0.5, 0.6) is 0 Å². The summed E-state index contributed by atoms with van der Waals surface area (Å²) < 4.78 is 0. The van der Waals surface area contributed by atoms with Crippen molar-refractivity contribution >= 4 is 29.3 Å². The number of rotatable bonds is 3. The third-order valence-electron chi connectivity index (χ3n) is 2.03. The maximum absolute atomic E-state index is 11.9. The second-order valence-corrected chi connectivity index (χ2v) is 3.60. The SMILES string of the molecule is CNc1ccc(Cl)c(C(=O)Nc2nccnn2)n1. The first kappa shape index (κ1) is 12.2. The van der Waals surface area contributed by atoms with Crippen molar-refractivity contribution < 1.29 is 4.79 Å². The van der Waals surface area contributed by atoms with Crippen LogP contribution in [0.25, 0.3) is 0 Å². The van der Waals surface area contributed by atoms with Gasteiger partial charge in [0, 0.05) is 7.05 Å². The average Bonchev–Trinajstić information content (AvgIpc) is 2.40. The number of carbonyl (C=O) groups is 1. The molecule has 2 N–H and O–H groups in total. The van der Waals surface area contributed by atoms with Gasteiger partial charge in [-0.05, 0) is 12.1 Å². The zero-order valence-corrected chi connectivity index (χ0v) is 10.1. The number of nitrogens with zero attached hydrogens (tertiary/aromatic N) is 4. The molecule has 92 valence electrons. The van der Waals surface area contributed by atoms with Gasteiger partial charge in [-0.25, -0.2) is 9.97 Å². The molecule has 2 rings (SSSR count). The molecule has 2 heterocycles. The fourth-order valence-electron chi connectivity index (χ4n) is 1.21. The molecular weight excluding hydrogens is 256 g/mol. The first-order valence-corrected chi connectivity index (χ1v) is 5.38. The van der Waals surface area contributed by atoms with Gasteiger partial charge < -0.3 is 5.32 Å². The molecule has 0 fully saturated rings. The summed E-state index contributed by atoms with van der Waals surface area (Å²) in [6.07, 6.45) is 2.82. The Morgan fingerprint density at radius 3 is 2.83 bits per heavy atom. The highest BCUT2D eigenvalue weighted by Gasteiger charge is 2.14. The zero-order chi connectivity index (χ0) is 13.0. The molecule has 7 nitrogen and oxygen atoms in total. The van der Waals surface area contributed by atoms with Crippen LogP contribution in [0.3, 0.4) is 0 Å². The van der Waals surface area contributed by atoms with E-state index in [9.17, 15) is 4.79 Å². The van der Waals surface area contributed by atoms with E-state index in [1.165, 1.54) is 12.4 Å². The van der Waals surface area contributed by atoms with Crippen LogP contribution < -0.4 is 10.6 Å². The molecule has 2 aromatic heterocycles. The molecule has 1 amide bonds. The van der Waals surface area contributed by atoms with Crippen molar-refractivity contribution in [3.8, 4) is 0 Å². The minimum atomic E-state index is -0.495. The normalized spacial score (nSPS) is 9.89. The van der Waals surface area contributed by atoms with E-state index in [4.69, 9.17) is 11.6 Å². The Bertz CT molecular complexity index is 562. The van der Waals surface area contributed by atoms with Crippen molar-refractivity contribution in [3.63, 3.8) is 0 Å². The summed E-state index contributed by atoms with van der Waals surface area (Å²) in [7, 11) is 1.70. The maximum Gasteiger partial charge on any atom is 0.278 e. The van der Waals surface area contributed by atoms with Crippen LogP contribution in [-0.4, -0.2) is 33.1 Å². The van der Waals surface area contributed by atoms with Gasteiger partial charge in [0.05, 0.1) is 17.4 Å². The lowest BCUT2D eigenvalue weighted by atomic mass is 10.3. The van der Waals surface area contributed by atoms with E-state index in [0.717, 1.165) is 0 Å². The molecule has 0 atom stereocenters. The summed E-state index contributed by atoms with van der Waals surface area (Å²) in [6.45, 7) is 0. The van der Waals surface area contributed by atoms with Crippen LogP contribution in [0, 0.1) is 0 Å². The third-order valence-corrected chi connectivity index (χ3v) is 2.33. The van der Waals surface area contributed by atoms with E-state index in [2.05, 4.69) is 30.8 Å². The number of hydrogen-bond donors (Lipinski definition) is 2. The summed E-state index contributed by atoms with van der Waals surface area (Å²) in [6, 6.07) is 3.25. The molecule has 0 saturated carbocycles. The number of halogens is 1. The smallest absolute Gasteiger partial charge is 0.278 e. The molecule has 0 aliphatic heterocycles. The van der Waals surface area contributed by atoms with Crippen molar-refractivity contribution in [2.45, 2.75) is 0 Å². The summed E-state index contributed by atoms with van der Waals surface area (Å²) in [5.74, 6) is 0.136. The Labute approximate surface area is 108 Å². The number of pyridine rings is 1. The number of nitrogens with one attached hydrogen (secondary N) is 2. The number of aromatic nitrogens is 4. The molecule has 0 bridgehead atoms. The molecule has 0 saturated heterocycles. The quantitative estimate of drug-likeness (QED) is 0.866. The van der Waals surface area contributed by atoms with Crippen LogP contribution in [0.4, 0.5) is 11.8 Å². The number of amides is 1. The lowest BCUT2D eigenvalue weighted by Gasteiger charge is -2.06. The van der Waals surface area contributed by atoms with Gasteiger partial charge >= 0.3 is 0 Å². The van der Waals surface area contributed by atoms with Gasteiger partial charge in [-0.3, -0.25) is 10.1 Å². The monoisotopic (exact) mass is 264 g/mol. The van der Waals surface area contributed by atoms with Gasteiger partial charge in [0.2, 0.25) is 5.95 Å². The number of anilines is 2. The van der Waals surface area contributed by atoms with Crippen molar-refractivity contribution in [2.75, 3.05) is 17.7 Å². The van der Waals surface area contributed by atoms with Gasteiger partial charge in [-0.1, -0.05) is 11.6 Å². The fourth-order valence-corrected chi connectivity index (χ4v) is 1.40. The van der Waals surface area contributed by atoms with Crippen LogP contribution in [-0.2, 0) is 0 Å². The molecule has 8 heteroatoms. The zero-order valence-electron chi connectivity index (χ0n) is 9.38. The fraction of sp³-hybridized carbons (Fsp3) is 0.100. The minimum Gasteiger partial charge on any atom is -0.373 e. The maximum atomic E-state index is 11.9. The first-order valence-electron chi connectivity index (χ1n) is 5.00. The molecule has 0 radical (unpaired) electrons. The topological polar surface area (TPSA) is 92.7 Å². The second-order valence-electron chi connectivity index (χ2n) is 3.20. The first-order chi connectivity index (χ1) is 8.70. The highest BCUT2D eigenvalue weighted by atomic mass is 35.5. The largest absolute Gasteiger partial charge is 0.373 e. The molecule has 0 aliphatic rings. The Kier molecular flexibility index (Phi) is 3.63. The van der Waals surface area contributed by atoms with Crippen LogP contribution in [0.15, 0.2) is 24.5 Å². The Balaban J connectivity index is 2.23. The van der Waals surface area contributed by atoms with Gasteiger partial charge in [0.15, 0.2) is 0 Å². The second kappa shape index (κ2) is 5.37. The van der Waals surface area contributed by atoms with Crippen molar-refractivity contribution in [3.05, 3.63) is 35.2 Å². The Morgan fingerprint density at radius 2 is 2.17 bits per heavy atom. The summed E-state index contributed by atoms with van der Waals surface area (Å²) in [5, 5.41) is 12.7. The van der Waals surface area contributed by atoms with Gasteiger partial charge in [0.1, 0.15) is 11.5 Å². The molecule has 0 unspecified atom stereocenters. The Morgan fingerprint density at radius 1 is 1.33 bits per heavy atom.